The molecule has 0 saturated heterocycles. The Bertz CT molecular complexity index is 336. The number of hydrogen-bond acceptors (Lipinski definition) is 3. The van der Waals surface area contributed by atoms with Crippen LogP contribution in [-0.4, -0.2) is 22.6 Å². The van der Waals surface area contributed by atoms with Gasteiger partial charge in [-0.15, -0.1) is 0 Å². The fourth-order valence-electron chi connectivity index (χ4n) is 2.99. The van der Waals surface area contributed by atoms with Gasteiger partial charge in [-0.3, -0.25) is 9.59 Å². The number of esters is 1. The van der Waals surface area contributed by atoms with E-state index in [1.165, 1.54) is 0 Å². The molecule has 96 valence electrons. The summed E-state index contributed by atoms with van der Waals surface area (Å²) in [5.41, 5.74) is -0.490. The third kappa shape index (κ3) is 2.45. The monoisotopic (exact) mass is 240 g/mol. The van der Waals surface area contributed by atoms with Gasteiger partial charge in [-0.2, -0.15) is 0 Å². The molecule has 3 aliphatic carbocycles. The highest BCUT2D eigenvalue weighted by Gasteiger charge is 2.51. The molecule has 0 aliphatic heterocycles. The Morgan fingerprint density at radius 3 is 2.06 bits per heavy atom. The first kappa shape index (κ1) is 12.4. The summed E-state index contributed by atoms with van der Waals surface area (Å²) in [5, 5.41) is 9.11. The number of carboxylic acid groups (broad SMARTS) is 1. The van der Waals surface area contributed by atoms with Crippen LogP contribution in [0.5, 0.6) is 0 Å². The minimum absolute atomic E-state index is 0.208. The second kappa shape index (κ2) is 4.00. The van der Waals surface area contributed by atoms with Crippen LogP contribution in [-0.2, 0) is 14.3 Å². The molecule has 4 nitrogen and oxygen atoms in total. The van der Waals surface area contributed by atoms with Crippen molar-refractivity contribution in [2.45, 2.75) is 45.6 Å². The number of ether oxygens (including phenoxy) is 1. The smallest absolute Gasteiger partial charge is 0.309 e. The highest BCUT2D eigenvalue weighted by molar-refractivity contribution is 5.77. The van der Waals surface area contributed by atoms with Gasteiger partial charge in [0.2, 0.25) is 0 Å². The van der Waals surface area contributed by atoms with Gasteiger partial charge in [0.15, 0.2) is 0 Å². The molecule has 4 heteroatoms. The molecule has 3 saturated carbocycles. The second-order valence-corrected chi connectivity index (χ2v) is 6.31. The molecule has 3 rings (SSSR count). The average molecular weight is 240 g/mol. The number of carboxylic acids is 1. The lowest BCUT2D eigenvalue weighted by Crippen LogP contribution is -2.49. The Balaban J connectivity index is 2.02. The van der Waals surface area contributed by atoms with E-state index in [4.69, 9.17) is 9.84 Å². The van der Waals surface area contributed by atoms with Crippen molar-refractivity contribution < 1.29 is 19.4 Å². The molecule has 0 amide bonds. The van der Waals surface area contributed by atoms with Crippen molar-refractivity contribution in [3.63, 3.8) is 0 Å². The van der Waals surface area contributed by atoms with Crippen LogP contribution in [0.15, 0.2) is 0 Å². The van der Waals surface area contributed by atoms with Crippen molar-refractivity contribution in [1.29, 1.82) is 0 Å². The molecular weight excluding hydrogens is 220 g/mol. The van der Waals surface area contributed by atoms with E-state index in [2.05, 4.69) is 0 Å². The maximum atomic E-state index is 12.0. The molecule has 2 atom stereocenters. The Labute approximate surface area is 101 Å². The number of hydrogen-bond donors (Lipinski definition) is 1. The van der Waals surface area contributed by atoms with E-state index in [1.807, 2.05) is 20.8 Å². The van der Waals surface area contributed by atoms with Gasteiger partial charge in [0.25, 0.3) is 0 Å². The summed E-state index contributed by atoms with van der Waals surface area (Å²) < 4.78 is 5.37. The fraction of sp³-hybridized carbons (Fsp3) is 0.846. The van der Waals surface area contributed by atoms with Crippen LogP contribution < -0.4 is 0 Å². The predicted molar refractivity (Wildman–Crippen MR) is 61.3 cm³/mol. The number of fused-ring (bicyclic) bond motifs is 2. The zero-order valence-electron chi connectivity index (χ0n) is 10.6. The molecule has 2 bridgehead atoms. The van der Waals surface area contributed by atoms with Crippen molar-refractivity contribution in [2.24, 2.45) is 23.7 Å². The van der Waals surface area contributed by atoms with Gasteiger partial charge >= 0.3 is 11.9 Å². The molecule has 17 heavy (non-hydrogen) atoms. The van der Waals surface area contributed by atoms with Crippen LogP contribution in [0.25, 0.3) is 0 Å². The Kier molecular flexibility index (Phi) is 2.92. The molecule has 3 aliphatic rings. The van der Waals surface area contributed by atoms with Gasteiger partial charge in [0.1, 0.15) is 5.60 Å². The van der Waals surface area contributed by atoms with Gasteiger partial charge < -0.3 is 9.84 Å². The summed E-state index contributed by atoms with van der Waals surface area (Å²) >= 11 is 0. The molecule has 3 fully saturated rings. The Hall–Kier alpha value is -1.06. The maximum Gasteiger partial charge on any atom is 0.309 e. The van der Waals surface area contributed by atoms with Gasteiger partial charge in [-0.25, -0.2) is 0 Å². The minimum atomic E-state index is -0.762. The van der Waals surface area contributed by atoms with Crippen LogP contribution >= 0.6 is 0 Å². The van der Waals surface area contributed by atoms with Gasteiger partial charge in [0.05, 0.1) is 11.8 Å². The first-order valence-corrected chi connectivity index (χ1v) is 6.23. The Morgan fingerprint density at radius 2 is 1.59 bits per heavy atom. The third-order valence-electron chi connectivity index (χ3n) is 3.88. The quantitative estimate of drug-likeness (QED) is 0.750. The summed E-state index contributed by atoms with van der Waals surface area (Å²) in [6.45, 7) is 5.52. The SMILES string of the molecule is CC(C)(C)OC(=O)C1CC(C(=O)O)C2CC1C2. The summed E-state index contributed by atoms with van der Waals surface area (Å²) in [5.74, 6) is -0.895. The lowest BCUT2D eigenvalue weighted by atomic mass is 9.55. The summed E-state index contributed by atoms with van der Waals surface area (Å²) in [7, 11) is 0. The van der Waals surface area contributed by atoms with Gasteiger partial charge in [-0.05, 0) is 51.9 Å². The van der Waals surface area contributed by atoms with Crippen molar-refractivity contribution in [2.75, 3.05) is 0 Å². The van der Waals surface area contributed by atoms with Crippen LogP contribution in [0.4, 0.5) is 0 Å². The standard InChI is InChI=1S/C13H20O4/c1-13(2,3)17-12(16)10-6-9(11(14)15)7-4-8(10)5-7/h7-10H,4-6H2,1-3H3,(H,14,15). The van der Waals surface area contributed by atoms with Crippen LogP contribution in [0.3, 0.4) is 0 Å². The van der Waals surface area contributed by atoms with Crippen molar-refractivity contribution in [3.05, 3.63) is 0 Å². The second-order valence-electron chi connectivity index (χ2n) is 6.31. The first-order valence-electron chi connectivity index (χ1n) is 6.23. The zero-order valence-corrected chi connectivity index (χ0v) is 10.6. The van der Waals surface area contributed by atoms with E-state index in [0.717, 1.165) is 12.8 Å². The summed E-state index contributed by atoms with van der Waals surface area (Å²) in [6, 6.07) is 0. The van der Waals surface area contributed by atoms with E-state index in [1.54, 1.807) is 0 Å². The van der Waals surface area contributed by atoms with Crippen molar-refractivity contribution in [1.82, 2.24) is 0 Å². The third-order valence-corrected chi connectivity index (χ3v) is 3.88. The van der Waals surface area contributed by atoms with E-state index < -0.39 is 11.6 Å². The predicted octanol–water partition coefficient (Wildman–Crippen LogP) is 2.08. The van der Waals surface area contributed by atoms with E-state index in [0.29, 0.717) is 12.3 Å². The average Bonchev–Trinajstić information content (AvgIpc) is 2.12. The number of carbonyl (C=O) groups is 2. The highest BCUT2D eigenvalue weighted by atomic mass is 16.6. The molecule has 0 spiro atoms. The molecule has 0 aromatic heterocycles. The number of rotatable bonds is 2. The number of aliphatic carboxylic acids is 1. The largest absolute Gasteiger partial charge is 0.481 e. The lowest BCUT2D eigenvalue weighted by molar-refractivity contribution is -0.173. The zero-order chi connectivity index (χ0) is 12.8. The normalized spacial score (nSPS) is 35.9. The molecule has 0 aromatic carbocycles. The van der Waals surface area contributed by atoms with Crippen LogP contribution in [0.1, 0.15) is 40.0 Å². The minimum Gasteiger partial charge on any atom is -0.481 e. The first-order chi connectivity index (χ1) is 7.78. The van der Waals surface area contributed by atoms with Crippen molar-refractivity contribution in [3.8, 4) is 0 Å². The fourth-order valence-corrected chi connectivity index (χ4v) is 2.99. The Morgan fingerprint density at radius 1 is 1.06 bits per heavy atom. The van der Waals surface area contributed by atoms with Gasteiger partial charge in [-0.1, -0.05) is 0 Å². The molecular formula is C13H20O4. The van der Waals surface area contributed by atoms with E-state index in [9.17, 15) is 9.59 Å². The number of carbonyl (C=O) groups excluding carboxylic acids is 1. The molecule has 0 aromatic rings. The maximum absolute atomic E-state index is 12.0. The highest BCUT2D eigenvalue weighted by Crippen LogP contribution is 2.52. The van der Waals surface area contributed by atoms with E-state index >= 15 is 0 Å². The molecule has 2 unspecified atom stereocenters. The van der Waals surface area contributed by atoms with Crippen molar-refractivity contribution >= 4 is 11.9 Å². The van der Waals surface area contributed by atoms with Crippen LogP contribution in [0, 0.1) is 23.7 Å². The summed E-state index contributed by atoms with van der Waals surface area (Å²) in [4.78, 5) is 23.1. The summed E-state index contributed by atoms with van der Waals surface area (Å²) in [6.07, 6.45) is 2.21. The van der Waals surface area contributed by atoms with Crippen LogP contribution in [0.2, 0.25) is 0 Å². The van der Waals surface area contributed by atoms with Gasteiger partial charge in [0, 0.05) is 0 Å². The molecule has 0 heterocycles. The van der Waals surface area contributed by atoms with E-state index in [-0.39, 0.29) is 23.7 Å². The lowest BCUT2D eigenvalue weighted by Gasteiger charge is -2.49. The topological polar surface area (TPSA) is 63.6 Å². The molecule has 1 N–H and O–H groups in total. The molecule has 0 radical (unpaired) electrons.